The lowest BCUT2D eigenvalue weighted by molar-refractivity contribution is -0.173. The monoisotopic (exact) mass is 345 g/mol. The molecule has 2 N–H and O–H groups in total. The van der Waals surface area contributed by atoms with Crippen molar-refractivity contribution in [3.05, 3.63) is 29.7 Å². The first-order valence-corrected chi connectivity index (χ1v) is 8.17. The first-order valence-electron chi connectivity index (χ1n) is 8.17. The van der Waals surface area contributed by atoms with Gasteiger partial charge in [-0.05, 0) is 43.4 Å². The van der Waals surface area contributed by atoms with E-state index in [1.807, 2.05) is 6.08 Å². The highest BCUT2D eigenvalue weighted by atomic mass is 19.4. The second-order valence-electron chi connectivity index (χ2n) is 6.06. The molecular weight excluding hydrogens is 323 g/mol. The summed E-state index contributed by atoms with van der Waals surface area (Å²) in [4.78, 5) is 10.7. The molecule has 1 unspecified atom stereocenters. The van der Waals surface area contributed by atoms with Crippen molar-refractivity contribution in [2.24, 2.45) is 5.92 Å². The van der Waals surface area contributed by atoms with Crippen LogP contribution in [0.4, 0.5) is 13.2 Å². The van der Waals surface area contributed by atoms with E-state index < -0.39 is 18.2 Å². The Morgan fingerprint density at radius 2 is 2.04 bits per heavy atom. The third-order valence-corrected chi connectivity index (χ3v) is 4.12. The van der Waals surface area contributed by atoms with Gasteiger partial charge in [-0.25, -0.2) is 0 Å². The molecule has 1 aliphatic rings. The quantitative estimate of drug-likeness (QED) is 0.820. The second kappa shape index (κ2) is 8.37. The van der Waals surface area contributed by atoms with E-state index in [1.165, 1.54) is 32.1 Å². The number of furan rings is 1. The largest absolute Gasteiger partial charge is 0.471 e. The topological polar surface area (TPSA) is 62.5 Å². The van der Waals surface area contributed by atoms with Crippen molar-refractivity contribution in [1.82, 2.24) is 5.32 Å². The molecule has 1 fully saturated rings. The van der Waals surface area contributed by atoms with E-state index in [1.54, 1.807) is 17.4 Å². The molecule has 1 aromatic rings. The number of alkyl halides is 3. The van der Waals surface area contributed by atoms with E-state index in [0.29, 0.717) is 11.7 Å². The molecule has 1 atom stereocenters. The smallest absolute Gasteiger partial charge is 0.459 e. The molecule has 0 aromatic carbocycles. The van der Waals surface area contributed by atoms with E-state index in [0.717, 1.165) is 0 Å². The Morgan fingerprint density at radius 1 is 1.33 bits per heavy atom. The lowest BCUT2D eigenvalue weighted by Gasteiger charge is -2.17. The Hall–Kier alpha value is -1.76. The third kappa shape index (κ3) is 5.70. The van der Waals surface area contributed by atoms with Crippen LogP contribution in [0.2, 0.25) is 0 Å². The number of allylic oxidation sites excluding steroid dienone is 1. The van der Waals surface area contributed by atoms with E-state index in [4.69, 9.17) is 4.42 Å². The van der Waals surface area contributed by atoms with Gasteiger partial charge in [-0.2, -0.15) is 13.2 Å². The molecule has 134 valence electrons. The number of aliphatic hydroxyl groups is 1. The minimum absolute atomic E-state index is 0.0545. The van der Waals surface area contributed by atoms with Crippen molar-refractivity contribution in [3.63, 3.8) is 0 Å². The fourth-order valence-electron chi connectivity index (χ4n) is 2.76. The number of rotatable bonds is 6. The van der Waals surface area contributed by atoms with Gasteiger partial charge in [0.15, 0.2) is 0 Å². The molecule has 1 aromatic heterocycles. The van der Waals surface area contributed by atoms with Gasteiger partial charge in [-0.3, -0.25) is 4.79 Å². The number of carbonyl (C=O) groups is 1. The normalized spacial score (nSPS) is 18.0. The maximum atomic E-state index is 12.0. The highest BCUT2D eigenvalue weighted by molar-refractivity contribution is 5.81. The van der Waals surface area contributed by atoms with Crippen molar-refractivity contribution in [1.29, 1.82) is 0 Å². The second-order valence-corrected chi connectivity index (χ2v) is 6.06. The maximum Gasteiger partial charge on any atom is 0.471 e. The Labute approximate surface area is 138 Å². The van der Waals surface area contributed by atoms with Crippen LogP contribution in [0.1, 0.15) is 56.1 Å². The van der Waals surface area contributed by atoms with Crippen LogP contribution in [0.25, 0.3) is 6.08 Å². The summed E-state index contributed by atoms with van der Waals surface area (Å²) < 4.78 is 41.6. The average Bonchev–Trinajstić information content (AvgIpc) is 3.02. The van der Waals surface area contributed by atoms with Gasteiger partial charge < -0.3 is 14.8 Å². The summed E-state index contributed by atoms with van der Waals surface area (Å²) in [6.07, 6.45) is 4.06. The average molecular weight is 345 g/mol. The molecule has 0 saturated heterocycles. The molecule has 1 aliphatic carbocycles. The zero-order valence-electron chi connectivity index (χ0n) is 13.3. The minimum atomic E-state index is -4.91. The molecule has 0 bridgehead atoms. The number of carbonyl (C=O) groups excluding carboxylic acids is 1. The first kappa shape index (κ1) is 18.6. The van der Waals surface area contributed by atoms with Crippen LogP contribution in [0, 0.1) is 5.92 Å². The standard InChI is InChI=1S/C17H22F3NO3/c18-17(19,20)16(23)21-11-10-14(22)15-9-8-13(24-15)7-6-12-4-2-1-3-5-12/h6-9,12,14,22H,1-5,10-11H2,(H,21,23)/b7-6+. The Balaban J connectivity index is 1.79. The summed E-state index contributed by atoms with van der Waals surface area (Å²) in [5, 5.41) is 11.6. The highest BCUT2D eigenvalue weighted by Gasteiger charge is 2.38. The SMILES string of the molecule is O=C(NCCC(O)c1ccc(/C=C/C2CCCCC2)o1)C(F)(F)F. The predicted molar refractivity (Wildman–Crippen MR) is 83.0 cm³/mol. The fraction of sp³-hybridized carbons (Fsp3) is 0.588. The van der Waals surface area contributed by atoms with Crippen molar-refractivity contribution in [3.8, 4) is 0 Å². The van der Waals surface area contributed by atoms with E-state index in [9.17, 15) is 23.1 Å². The van der Waals surface area contributed by atoms with Crippen molar-refractivity contribution in [2.45, 2.75) is 50.8 Å². The molecule has 1 amide bonds. The fourth-order valence-corrected chi connectivity index (χ4v) is 2.76. The first-order chi connectivity index (χ1) is 11.4. The molecule has 7 heteroatoms. The van der Waals surface area contributed by atoms with Gasteiger partial charge in [0, 0.05) is 6.54 Å². The van der Waals surface area contributed by atoms with Crippen molar-refractivity contribution in [2.75, 3.05) is 6.54 Å². The number of nitrogens with one attached hydrogen (secondary N) is 1. The summed E-state index contributed by atoms with van der Waals surface area (Å²) in [6, 6.07) is 3.31. The predicted octanol–water partition coefficient (Wildman–Crippen LogP) is 3.98. The van der Waals surface area contributed by atoms with Crippen LogP contribution in [-0.4, -0.2) is 23.7 Å². The zero-order valence-corrected chi connectivity index (χ0v) is 13.3. The summed E-state index contributed by atoms with van der Waals surface area (Å²) >= 11 is 0. The molecule has 4 nitrogen and oxygen atoms in total. The van der Waals surface area contributed by atoms with Gasteiger partial charge in [0.2, 0.25) is 0 Å². The zero-order chi connectivity index (χ0) is 17.6. The van der Waals surface area contributed by atoms with Gasteiger partial charge in [-0.15, -0.1) is 0 Å². The third-order valence-electron chi connectivity index (χ3n) is 4.12. The van der Waals surface area contributed by atoms with E-state index in [2.05, 4.69) is 6.08 Å². The lowest BCUT2D eigenvalue weighted by Crippen LogP contribution is -2.37. The van der Waals surface area contributed by atoms with Crippen molar-refractivity contribution >= 4 is 12.0 Å². The molecule has 1 saturated carbocycles. The van der Waals surface area contributed by atoms with Crippen LogP contribution in [0.15, 0.2) is 22.6 Å². The van der Waals surface area contributed by atoms with E-state index in [-0.39, 0.29) is 18.7 Å². The van der Waals surface area contributed by atoms with E-state index >= 15 is 0 Å². The summed E-state index contributed by atoms with van der Waals surface area (Å²) in [5.41, 5.74) is 0. The number of hydrogen-bond donors (Lipinski definition) is 2. The molecule has 0 spiro atoms. The van der Waals surface area contributed by atoms with Crippen LogP contribution < -0.4 is 5.32 Å². The van der Waals surface area contributed by atoms with Gasteiger partial charge in [0.1, 0.15) is 17.6 Å². The number of aliphatic hydroxyl groups excluding tert-OH is 1. The molecule has 24 heavy (non-hydrogen) atoms. The van der Waals surface area contributed by atoms with Crippen LogP contribution >= 0.6 is 0 Å². The Kier molecular flexibility index (Phi) is 6.48. The van der Waals surface area contributed by atoms with Gasteiger partial charge >= 0.3 is 12.1 Å². The molecule has 1 heterocycles. The molecule has 0 aliphatic heterocycles. The number of hydrogen-bond acceptors (Lipinski definition) is 3. The summed E-state index contributed by atoms with van der Waals surface area (Å²) in [7, 11) is 0. The molecular formula is C17H22F3NO3. The van der Waals surface area contributed by atoms with Gasteiger partial charge in [0.25, 0.3) is 0 Å². The van der Waals surface area contributed by atoms with Crippen LogP contribution in [0.3, 0.4) is 0 Å². The van der Waals surface area contributed by atoms with Crippen LogP contribution in [0.5, 0.6) is 0 Å². The minimum Gasteiger partial charge on any atom is -0.459 e. The van der Waals surface area contributed by atoms with Crippen molar-refractivity contribution < 1.29 is 27.5 Å². The highest BCUT2D eigenvalue weighted by Crippen LogP contribution is 2.26. The molecule has 0 radical (unpaired) electrons. The molecule has 2 rings (SSSR count). The Morgan fingerprint density at radius 3 is 2.71 bits per heavy atom. The summed E-state index contributed by atoms with van der Waals surface area (Å²) in [6.45, 7) is -0.284. The van der Waals surface area contributed by atoms with Gasteiger partial charge in [-0.1, -0.05) is 25.3 Å². The number of halogens is 3. The summed E-state index contributed by atoms with van der Waals surface area (Å²) in [5.74, 6) is -0.575. The Bertz CT molecular complexity index is 560. The lowest BCUT2D eigenvalue weighted by atomic mass is 9.89. The maximum absolute atomic E-state index is 12.0. The van der Waals surface area contributed by atoms with Crippen LogP contribution in [-0.2, 0) is 4.79 Å². The van der Waals surface area contributed by atoms with Gasteiger partial charge in [0.05, 0.1) is 0 Å². The number of amides is 1.